The summed E-state index contributed by atoms with van der Waals surface area (Å²) in [5.41, 5.74) is 1.10. The molecule has 132 valence electrons. The van der Waals surface area contributed by atoms with Crippen LogP contribution in [0.5, 0.6) is 5.75 Å². The van der Waals surface area contributed by atoms with Crippen LogP contribution in [0, 0.1) is 10.1 Å². The van der Waals surface area contributed by atoms with Gasteiger partial charge in [0.1, 0.15) is 11.4 Å². The maximum Gasteiger partial charge on any atom is 0.412 e. The average Bonchev–Trinajstić information content (AvgIpc) is 2.52. The quantitative estimate of drug-likeness (QED) is 0.645. The lowest BCUT2D eigenvalue weighted by Gasteiger charge is -2.19. The Hall–Kier alpha value is -3.09. The number of carbonyl (C=O) groups is 1. The number of nitrogens with one attached hydrogen (secondary N) is 1. The molecular weight excluding hydrogens is 324 g/mol. The Morgan fingerprint density at radius 1 is 1.16 bits per heavy atom. The van der Waals surface area contributed by atoms with Gasteiger partial charge in [0.2, 0.25) is 0 Å². The number of methoxy groups -OCH3 is 1. The van der Waals surface area contributed by atoms with Gasteiger partial charge in [0, 0.05) is 23.4 Å². The molecule has 1 N–H and O–H groups in total. The summed E-state index contributed by atoms with van der Waals surface area (Å²) in [7, 11) is 1.49. The van der Waals surface area contributed by atoms with E-state index in [1.54, 1.807) is 51.1 Å². The lowest BCUT2D eigenvalue weighted by Crippen LogP contribution is -2.27. The molecule has 0 heterocycles. The highest BCUT2D eigenvalue weighted by molar-refractivity contribution is 5.86. The van der Waals surface area contributed by atoms with E-state index in [1.165, 1.54) is 19.2 Å². The van der Waals surface area contributed by atoms with Crippen LogP contribution in [0.4, 0.5) is 16.2 Å². The van der Waals surface area contributed by atoms with E-state index in [0.717, 1.165) is 0 Å². The van der Waals surface area contributed by atoms with Crippen molar-refractivity contribution in [2.75, 3.05) is 12.4 Å². The van der Waals surface area contributed by atoms with Gasteiger partial charge < -0.3 is 9.47 Å². The SMILES string of the molecule is COc1ccc([N+](=O)[O-])cc1-c1cccc(NC(=O)OC(C)(C)C)c1. The van der Waals surface area contributed by atoms with Gasteiger partial charge >= 0.3 is 6.09 Å². The minimum Gasteiger partial charge on any atom is -0.496 e. The first-order valence-electron chi connectivity index (χ1n) is 7.62. The molecule has 0 aliphatic heterocycles. The van der Waals surface area contributed by atoms with E-state index in [9.17, 15) is 14.9 Å². The number of rotatable bonds is 4. The Morgan fingerprint density at radius 3 is 2.48 bits per heavy atom. The van der Waals surface area contributed by atoms with Crippen LogP contribution in [0.25, 0.3) is 11.1 Å². The third-order valence-corrected chi connectivity index (χ3v) is 3.21. The van der Waals surface area contributed by atoms with Crippen molar-refractivity contribution in [2.45, 2.75) is 26.4 Å². The summed E-state index contributed by atoms with van der Waals surface area (Å²) in [6.07, 6.45) is -0.573. The Labute approximate surface area is 145 Å². The van der Waals surface area contributed by atoms with Crippen LogP contribution < -0.4 is 10.1 Å². The number of hydrogen-bond donors (Lipinski definition) is 1. The summed E-state index contributed by atoms with van der Waals surface area (Å²) in [5, 5.41) is 13.7. The fourth-order valence-electron chi connectivity index (χ4n) is 2.22. The third kappa shape index (κ3) is 4.94. The lowest BCUT2D eigenvalue weighted by atomic mass is 10.0. The van der Waals surface area contributed by atoms with Gasteiger partial charge in [-0.3, -0.25) is 15.4 Å². The zero-order valence-corrected chi connectivity index (χ0v) is 14.5. The number of nitro benzene ring substituents is 1. The molecule has 0 aliphatic rings. The monoisotopic (exact) mass is 344 g/mol. The second-order valence-corrected chi connectivity index (χ2v) is 6.35. The lowest BCUT2D eigenvalue weighted by molar-refractivity contribution is -0.384. The van der Waals surface area contributed by atoms with Crippen molar-refractivity contribution >= 4 is 17.5 Å². The van der Waals surface area contributed by atoms with Gasteiger partial charge in [-0.15, -0.1) is 0 Å². The third-order valence-electron chi connectivity index (χ3n) is 3.21. The van der Waals surface area contributed by atoms with Gasteiger partial charge in [-0.1, -0.05) is 12.1 Å². The van der Waals surface area contributed by atoms with Crippen molar-refractivity contribution in [3.05, 3.63) is 52.6 Å². The molecule has 7 heteroatoms. The molecule has 0 atom stereocenters. The number of nitro groups is 1. The van der Waals surface area contributed by atoms with Crippen LogP contribution in [0.3, 0.4) is 0 Å². The highest BCUT2D eigenvalue weighted by Gasteiger charge is 2.17. The molecule has 0 spiro atoms. The summed E-state index contributed by atoms with van der Waals surface area (Å²) in [6.45, 7) is 5.32. The van der Waals surface area contributed by atoms with Crippen molar-refractivity contribution < 1.29 is 19.2 Å². The fourth-order valence-corrected chi connectivity index (χ4v) is 2.22. The number of non-ortho nitro benzene ring substituents is 1. The van der Waals surface area contributed by atoms with Crippen molar-refractivity contribution in [1.82, 2.24) is 0 Å². The highest BCUT2D eigenvalue weighted by Crippen LogP contribution is 2.34. The van der Waals surface area contributed by atoms with E-state index < -0.39 is 16.6 Å². The van der Waals surface area contributed by atoms with E-state index in [2.05, 4.69) is 5.32 Å². The molecule has 0 radical (unpaired) electrons. The van der Waals surface area contributed by atoms with Crippen LogP contribution in [-0.2, 0) is 4.74 Å². The Bertz CT molecular complexity index is 796. The number of hydrogen-bond acceptors (Lipinski definition) is 5. The summed E-state index contributed by atoms with van der Waals surface area (Å²) in [5.74, 6) is 0.500. The van der Waals surface area contributed by atoms with Crippen LogP contribution in [0.2, 0.25) is 0 Å². The van der Waals surface area contributed by atoms with E-state index >= 15 is 0 Å². The Kier molecular flexibility index (Phi) is 5.26. The smallest absolute Gasteiger partial charge is 0.412 e. The minimum absolute atomic E-state index is 0.0405. The maximum absolute atomic E-state index is 11.9. The Morgan fingerprint density at radius 2 is 1.88 bits per heavy atom. The second kappa shape index (κ2) is 7.21. The van der Waals surface area contributed by atoms with Gasteiger partial charge in [0.05, 0.1) is 12.0 Å². The van der Waals surface area contributed by atoms with Crippen molar-refractivity contribution in [2.24, 2.45) is 0 Å². The van der Waals surface area contributed by atoms with Crippen molar-refractivity contribution in [1.29, 1.82) is 0 Å². The molecule has 0 aliphatic carbocycles. The standard InChI is InChI=1S/C18H20N2O5/c1-18(2,3)25-17(21)19-13-7-5-6-12(10-13)15-11-14(20(22)23)8-9-16(15)24-4/h5-11H,1-4H3,(H,19,21). The van der Waals surface area contributed by atoms with E-state index in [0.29, 0.717) is 22.6 Å². The molecule has 0 saturated carbocycles. The molecule has 25 heavy (non-hydrogen) atoms. The maximum atomic E-state index is 11.9. The predicted molar refractivity (Wildman–Crippen MR) is 94.9 cm³/mol. The molecule has 1 amide bonds. The molecule has 0 aromatic heterocycles. The first kappa shape index (κ1) is 18.3. The largest absolute Gasteiger partial charge is 0.496 e. The van der Waals surface area contributed by atoms with Gasteiger partial charge in [-0.05, 0) is 44.5 Å². The molecule has 0 unspecified atom stereocenters. The summed E-state index contributed by atoms with van der Waals surface area (Å²) < 4.78 is 10.5. The minimum atomic E-state index is -0.606. The first-order valence-corrected chi connectivity index (χ1v) is 7.62. The summed E-state index contributed by atoms with van der Waals surface area (Å²) in [4.78, 5) is 22.4. The number of amides is 1. The van der Waals surface area contributed by atoms with E-state index in [-0.39, 0.29) is 5.69 Å². The van der Waals surface area contributed by atoms with Gasteiger partial charge in [0.15, 0.2) is 0 Å². The number of ether oxygens (including phenoxy) is 2. The molecule has 0 fully saturated rings. The summed E-state index contributed by atoms with van der Waals surface area (Å²) >= 11 is 0. The Balaban J connectivity index is 2.34. The zero-order chi connectivity index (χ0) is 18.6. The van der Waals surface area contributed by atoms with Gasteiger partial charge in [-0.25, -0.2) is 4.79 Å². The van der Waals surface area contributed by atoms with E-state index in [4.69, 9.17) is 9.47 Å². The molecule has 2 rings (SSSR count). The molecule has 2 aromatic carbocycles. The molecule has 0 saturated heterocycles. The van der Waals surface area contributed by atoms with Crippen LogP contribution in [0.1, 0.15) is 20.8 Å². The zero-order valence-electron chi connectivity index (χ0n) is 14.5. The predicted octanol–water partition coefficient (Wildman–Crippen LogP) is 4.62. The highest BCUT2D eigenvalue weighted by atomic mass is 16.6. The molecule has 2 aromatic rings. The van der Waals surface area contributed by atoms with Crippen LogP contribution in [-0.4, -0.2) is 23.7 Å². The average molecular weight is 344 g/mol. The number of anilines is 1. The van der Waals surface area contributed by atoms with Crippen molar-refractivity contribution in [3.63, 3.8) is 0 Å². The van der Waals surface area contributed by atoms with Crippen molar-refractivity contribution in [3.8, 4) is 16.9 Å². The van der Waals surface area contributed by atoms with Crippen LogP contribution in [0.15, 0.2) is 42.5 Å². The van der Waals surface area contributed by atoms with Gasteiger partial charge in [-0.2, -0.15) is 0 Å². The van der Waals surface area contributed by atoms with E-state index in [1.807, 2.05) is 0 Å². The molecule has 7 nitrogen and oxygen atoms in total. The molecular formula is C18H20N2O5. The topological polar surface area (TPSA) is 90.7 Å². The number of benzene rings is 2. The number of carbonyl (C=O) groups excluding carboxylic acids is 1. The number of nitrogens with zero attached hydrogens (tertiary/aromatic N) is 1. The van der Waals surface area contributed by atoms with Gasteiger partial charge in [0.25, 0.3) is 5.69 Å². The first-order chi connectivity index (χ1) is 11.7. The summed E-state index contributed by atoms with van der Waals surface area (Å²) in [6, 6.07) is 11.3. The normalized spacial score (nSPS) is 10.9. The second-order valence-electron chi connectivity index (χ2n) is 6.35. The molecule has 0 bridgehead atoms. The fraction of sp³-hybridized carbons (Fsp3) is 0.278. The van der Waals surface area contributed by atoms with Crippen LogP contribution >= 0.6 is 0 Å².